The molecule has 0 saturated heterocycles. The minimum absolute atomic E-state index is 0. The summed E-state index contributed by atoms with van der Waals surface area (Å²) in [6.45, 7) is 11.9. The van der Waals surface area contributed by atoms with E-state index < -0.39 is 0 Å². The van der Waals surface area contributed by atoms with Crippen molar-refractivity contribution in [3.63, 3.8) is 0 Å². The molecule has 3 N–H and O–H groups in total. The molecule has 0 spiro atoms. The Morgan fingerprint density at radius 2 is 1.86 bits per heavy atom. The zero-order valence-corrected chi connectivity index (χ0v) is 13.0. The Morgan fingerprint density at radius 1 is 1.24 bits per heavy atom. The van der Waals surface area contributed by atoms with Crippen LogP contribution in [0.3, 0.4) is 0 Å². The molecule has 0 radical (unpaired) electrons. The lowest BCUT2D eigenvalue weighted by molar-refractivity contribution is 1.06. The van der Waals surface area contributed by atoms with E-state index in [2.05, 4.69) is 23.5 Å². The van der Waals surface area contributed by atoms with Gasteiger partial charge >= 0.3 is 0 Å². The molecule has 114 valence electrons. The Kier molecular flexibility index (Phi) is 7.02. The Hall–Kier alpha value is -2.29. The molecule has 1 aromatic rings. The molecule has 3 nitrogen and oxygen atoms in total. The summed E-state index contributed by atoms with van der Waals surface area (Å²) in [5.41, 5.74) is 8.37. The number of hydrogen-bond acceptors (Lipinski definition) is 2. The predicted octanol–water partition coefficient (Wildman–Crippen LogP) is 4.11. The average molecular weight is 285 g/mol. The maximum absolute atomic E-state index is 5.78. The Balaban J connectivity index is 0.00000141. The van der Waals surface area contributed by atoms with Gasteiger partial charge in [-0.05, 0) is 30.6 Å². The van der Waals surface area contributed by atoms with Gasteiger partial charge in [0.15, 0.2) is 0 Å². The lowest BCUT2D eigenvalue weighted by Gasteiger charge is -2.09. The van der Waals surface area contributed by atoms with Crippen molar-refractivity contribution in [1.29, 1.82) is 0 Å². The van der Waals surface area contributed by atoms with Crippen LogP contribution in [0.5, 0.6) is 0 Å². The first-order valence-corrected chi connectivity index (χ1v) is 7.37. The van der Waals surface area contributed by atoms with E-state index in [9.17, 15) is 0 Å². The van der Waals surface area contributed by atoms with E-state index in [1.54, 1.807) is 6.08 Å². The molecule has 1 aromatic carbocycles. The Labute approximate surface area is 129 Å². The highest BCUT2D eigenvalue weighted by Gasteiger charge is 2.19. The van der Waals surface area contributed by atoms with Crippen molar-refractivity contribution in [2.24, 2.45) is 10.7 Å². The second kappa shape index (κ2) is 8.80. The molecular weight excluding hydrogens is 258 g/mol. The highest BCUT2D eigenvalue weighted by Crippen LogP contribution is 2.23. The van der Waals surface area contributed by atoms with Crippen molar-refractivity contribution in [2.75, 3.05) is 0 Å². The van der Waals surface area contributed by atoms with Crippen molar-refractivity contribution in [3.8, 4) is 0 Å². The highest BCUT2D eigenvalue weighted by molar-refractivity contribution is 5.92. The van der Waals surface area contributed by atoms with Gasteiger partial charge in [-0.15, -0.1) is 0 Å². The van der Waals surface area contributed by atoms with Gasteiger partial charge in [0.05, 0.1) is 6.04 Å². The van der Waals surface area contributed by atoms with Crippen LogP contribution in [-0.2, 0) is 0 Å². The van der Waals surface area contributed by atoms with E-state index in [0.717, 1.165) is 29.8 Å². The second-order valence-corrected chi connectivity index (χ2v) is 4.61. The molecule has 0 heterocycles. The molecule has 0 bridgehead atoms. The van der Waals surface area contributed by atoms with Gasteiger partial charge in [0, 0.05) is 12.8 Å². The highest BCUT2D eigenvalue weighted by atomic mass is 14.9. The number of amidine groups is 1. The number of hydrogen-bond donors (Lipinski definition) is 2. The third-order valence-electron chi connectivity index (χ3n) is 2.77. The van der Waals surface area contributed by atoms with Gasteiger partial charge in [0.2, 0.25) is 0 Å². The normalized spacial score (nSPS) is 14.3. The summed E-state index contributed by atoms with van der Waals surface area (Å²) in [6.07, 6.45) is 5.89. The monoisotopic (exact) mass is 285 g/mol. The summed E-state index contributed by atoms with van der Waals surface area (Å²) in [7, 11) is 0. The van der Waals surface area contributed by atoms with Crippen LogP contribution in [0.1, 0.15) is 33.7 Å². The van der Waals surface area contributed by atoms with Crippen molar-refractivity contribution >= 4 is 11.5 Å². The SMILES string of the molecule is C=C(/C=C\C(N)=NC1CC1)NC(=C)c1ccccc1.CC.[HH]. The first kappa shape index (κ1) is 16.8. The van der Waals surface area contributed by atoms with Crippen LogP contribution in [0.25, 0.3) is 5.70 Å². The van der Waals surface area contributed by atoms with Gasteiger partial charge < -0.3 is 11.1 Å². The first-order chi connectivity index (χ1) is 10.1. The summed E-state index contributed by atoms with van der Waals surface area (Å²) in [4.78, 5) is 4.31. The minimum atomic E-state index is 0. The van der Waals surface area contributed by atoms with E-state index >= 15 is 0 Å². The predicted molar refractivity (Wildman–Crippen MR) is 95.0 cm³/mol. The minimum Gasteiger partial charge on any atom is -0.384 e. The molecule has 21 heavy (non-hydrogen) atoms. The van der Waals surface area contributed by atoms with Gasteiger partial charge in [-0.25, -0.2) is 0 Å². The number of rotatable bonds is 6. The van der Waals surface area contributed by atoms with Crippen molar-refractivity contribution in [1.82, 2.24) is 5.32 Å². The molecule has 0 atom stereocenters. The van der Waals surface area contributed by atoms with Crippen LogP contribution < -0.4 is 11.1 Å². The van der Waals surface area contributed by atoms with Gasteiger partial charge in [-0.1, -0.05) is 57.3 Å². The number of nitrogens with two attached hydrogens (primary N) is 1. The molecule has 0 amide bonds. The van der Waals surface area contributed by atoms with Crippen LogP contribution in [0, 0.1) is 0 Å². The number of benzene rings is 1. The molecule has 0 aliphatic heterocycles. The van der Waals surface area contributed by atoms with Crippen LogP contribution in [0.2, 0.25) is 0 Å². The van der Waals surface area contributed by atoms with Gasteiger partial charge in [-0.3, -0.25) is 4.99 Å². The molecule has 2 rings (SSSR count). The average Bonchev–Trinajstić information content (AvgIpc) is 3.32. The molecule has 0 unspecified atom stereocenters. The zero-order chi connectivity index (χ0) is 15.7. The zero-order valence-electron chi connectivity index (χ0n) is 13.0. The summed E-state index contributed by atoms with van der Waals surface area (Å²) in [6, 6.07) is 10.3. The van der Waals surface area contributed by atoms with Gasteiger partial charge in [0.1, 0.15) is 5.84 Å². The maximum Gasteiger partial charge on any atom is 0.118 e. The smallest absolute Gasteiger partial charge is 0.118 e. The number of allylic oxidation sites excluding steroid dienone is 1. The van der Waals surface area contributed by atoms with Crippen molar-refractivity contribution in [3.05, 3.63) is 66.9 Å². The van der Waals surface area contributed by atoms with Gasteiger partial charge in [0.25, 0.3) is 0 Å². The Morgan fingerprint density at radius 3 is 2.43 bits per heavy atom. The van der Waals surface area contributed by atoms with Crippen LogP contribution >= 0.6 is 0 Å². The molecular formula is C18H27N3. The quantitative estimate of drug-likeness (QED) is 0.469. The number of nitrogens with zero attached hydrogens (tertiary/aromatic N) is 1. The summed E-state index contributed by atoms with van der Waals surface area (Å²) in [5.74, 6) is 0.552. The summed E-state index contributed by atoms with van der Waals surface area (Å²) >= 11 is 0. The summed E-state index contributed by atoms with van der Waals surface area (Å²) < 4.78 is 0. The fraction of sp³-hybridized carbons (Fsp3) is 0.278. The van der Waals surface area contributed by atoms with E-state index in [1.807, 2.05) is 50.3 Å². The standard InChI is InChI=1S/C16H19N3.C2H6.H2/c1-12(8-11-16(17)19-15-9-10-15)18-13(2)14-6-4-3-5-7-14;1-2;/h3-8,11,15,18H,1-2,9-10H2,(H2,17,19);1-2H3;1H/b11-8-;;. The van der Waals surface area contributed by atoms with E-state index in [-0.39, 0.29) is 1.43 Å². The maximum atomic E-state index is 5.78. The third kappa shape index (κ3) is 6.61. The van der Waals surface area contributed by atoms with E-state index in [0.29, 0.717) is 11.9 Å². The Bertz CT molecular complexity index is 529. The van der Waals surface area contributed by atoms with Gasteiger partial charge in [-0.2, -0.15) is 0 Å². The van der Waals surface area contributed by atoms with E-state index in [1.165, 1.54) is 0 Å². The largest absolute Gasteiger partial charge is 0.384 e. The summed E-state index contributed by atoms with van der Waals surface area (Å²) in [5, 5.41) is 3.13. The van der Waals surface area contributed by atoms with Crippen LogP contribution in [-0.4, -0.2) is 11.9 Å². The number of nitrogens with one attached hydrogen (secondary N) is 1. The van der Waals surface area contributed by atoms with Crippen molar-refractivity contribution in [2.45, 2.75) is 32.7 Å². The molecule has 1 fully saturated rings. The van der Waals surface area contributed by atoms with E-state index in [4.69, 9.17) is 5.73 Å². The van der Waals surface area contributed by atoms with Crippen LogP contribution in [0.15, 0.2) is 66.3 Å². The number of aliphatic imine (C=N–C) groups is 1. The topological polar surface area (TPSA) is 50.4 Å². The fourth-order valence-electron chi connectivity index (χ4n) is 1.59. The molecule has 1 aliphatic carbocycles. The van der Waals surface area contributed by atoms with Crippen molar-refractivity contribution < 1.29 is 1.43 Å². The molecule has 3 heteroatoms. The third-order valence-corrected chi connectivity index (χ3v) is 2.77. The fourth-order valence-corrected chi connectivity index (χ4v) is 1.59. The lowest BCUT2D eigenvalue weighted by Crippen LogP contribution is -2.11. The lowest BCUT2D eigenvalue weighted by atomic mass is 10.2. The second-order valence-electron chi connectivity index (χ2n) is 4.61. The molecule has 1 aliphatic rings. The van der Waals surface area contributed by atoms with Crippen LogP contribution in [0.4, 0.5) is 0 Å². The molecule has 0 aromatic heterocycles. The molecule has 1 saturated carbocycles. The first-order valence-electron chi connectivity index (χ1n) is 7.37.